The number of likely N-dealkylation sites (tertiary alicyclic amines) is 1. The van der Waals surface area contributed by atoms with Crippen LogP contribution in [0.5, 0.6) is 0 Å². The quantitative estimate of drug-likeness (QED) is 0.836. The Morgan fingerprint density at radius 2 is 2.19 bits per heavy atom. The summed E-state index contributed by atoms with van der Waals surface area (Å²) < 4.78 is 5.89. The molecule has 1 saturated carbocycles. The Labute approximate surface area is 128 Å². The van der Waals surface area contributed by atoms with E-state index >= 15 is 0 Å². The number of rotatable bonds is 7. The van der Waals surface area contributed by atoms with Crippen LogP contribution in [0.2, 0.25) is 0 Å². The van der Waals surface area contributed by atoms with E-state index in [2.05, 4.69) is 42.2 Å². The van der Waals surface area contributed by atoms with Crippen LogP contribution in [0.25, 0.3) is 0 Å². The molecule has 4 heteroatoms. The molecule has 1 aromatic heterocycles. The lowest BCUT2D eigenvalue weighted by atomic mass is 10.2. The van der Waals surface area contributed by atoms with Crippen LogP contribution in [0.1, 0.15) is 42.8 Å². The molecular weight excluding hydrogens is 262 g/mol. The van der Waals surface area contributed by atoms with Crippen molar-refractivity contribution in [1.29, 1.82) is 0 Å². The van der Waals surface area contributed by atoms with Crippen LogP contribution < -0.4 is 5.32 Å². The molecule has 0 bridgehead atoms. The molecule has 0 radical (unpaired) electrons. The van der Waals surface area contributed by atoms with Gasteiger partial charge in [0.05, 0.1) is 6.54 Å². The molecule has 2 aliphatic rings. The van der Waals surface area contributed by atoms with Crippen LogP contribution in [0.3, 0.4) is 0 Å². The smallest absolute Gasteiger partial charge is 0.118 e. The van der Waals surface area contributed by atoms with Crippen molar-refractivity contribution in [1.82, 2.24) is 15.1 Å². The van der Waals surface area contributed by atoms with Gasteiger partial charge >= 0.3 is 0 Å². The van der Waals surface area contributed by atoms with Gasteiger partial charge < -0.3 is 19.5 Å². The number of nitrogens with one attached hydrogen (secondary N) is 1. The summed E-state index contributed by atoms with van der Waals surface area (Å²) in [6.45, 7) is 6.35. The molecule has 1 unspecified atom stereocenters. The summed E-state index contributed by atoms with van der Waals surface area (Å²) >= 11 is 0. The van der Waals surface area contributed by atoms with Crippen molar-refractivity contribution in [3.8, 4) is 0 Å². The highest BCUT2D eigenvalue weighted by Gasteiger charge is 2.23. The van der Waals surface area contributed by atoms with Gasteiger partial charge in [0.1, 0.15) is 11.5 Å². The molecule has 118 valence electrons. The molecule has 0 aromatic carbocycles. The first kappa shape index (κ1) is 15.1. The normalized spacial score (nSPS) is 23.3. The minimum absolute atomic E-state index is 0.721. The van der Waals surface area contributed by atoms with Gasteiger partial charge in [-0.05, 0) is 59.3 Å². The molecule has 0 amide bonds. The second-order valence-corrected chi connectivity index (χ2v) is 6.92. The summed E-state index contributed by atoms with van der Waals surface area (Å²) in [5, 5.41) is 3.52. The summed E-state index contributed by atoms with van der Waals surface area (Å²) in [6, 6.07) is 3.69. The van der Waals surface area contributed by atoms with E-state index in [1.807, 2.05) is 0 Å². The Balaban J connectivity index is 1.50. The minimum Gasteiger partial charge on any atom is -0.465 e. The first-order chi connectivity index (χ1) is 10.1. The molecular formula is C17H29N3O. The van der Waals surface area contributed by atoms with Crippen molar-refractivity contribution < 1.29 is 4.42 Å². The van der Waals surface area contributed by atoms with E-state index in [0.29, 0.717) is 0 Å². The van der Waals surface area contributed by atoms with Gasteiger partial charge in [-0.3, -0.25) is 0 Å². The molecule has 3 rings (SSSR count). The van der Waals surface area contributed by atoms with E-state index in [1.54, 1.807) is 0 Å². The Kier molecular flexibility index (Phi) is 4.67. The number of hydrogen-bond acceptors (Lipinski definition) is 4. The Bertz CT molecular complexity index is 467. The molecule has 1 aliphatic carbocycles. The molecule has 0 spiro atoms. The van der Waals surface area contributed by atoms with E-state index in [4.69, 9.17) is 4.42 Å². The average Bonchev–Trinajstić information content (AvgIpc) is 3.10. The molecule has 21 heavy (non-hydrogen) atoms. The summed E-state index contributed by atoms with van der Waals surface area (Å²) in [4.78, 5) is 4.92. The SMILES string of the molecule is Cc1oc(CNC2CC2)cc1CN(C)CC1CCCN1C. The van der Waals surface area contributed by atoms with Crippen LogP contribution in [0, 0.1) is 6.92 Å². The number of nitrogens with zero attached hydrogens (tertiary/aromatic N) is 2. The maximum absolute atomic E-state index is 5.89. The van der Waals surface area contributed by atoms with Crippen molar-refractivity contribution >= 4 is 0 Å². The lowest BCUT2D eigenvalue weighted by molar-refractivity contribution is 0.215. The number of likely N-dealkylation sites (N-methyl/N-ethyl adjacent to an activating group) is 2. The first-order valence-corrected chi connectivity index (χ1v) is 8.32. The zero-order valence-electron chi connectivity index (χ0n) is 13.7. The summed E-state index contributed by atoms with van der Waals surface area (Å²) in [5.41, 5.74) is 1.34. The lowest BCUT2D eigenvalue weighted by Crippen LogP contribution is -2.36. The third kappa shape index (κ3) is 4.09. The van der Waals surface area contributed by atoms with Gasteiger partial charge in [0.2, 0.25) is 0 Å². The van der Waals surface area contributed by atoms with Crippen molar-refractivity contribution in [2.75, 3.05) is 27.2 Å². The van der Waals surface area contributed by atoms with Crippen LogP contribution in [0.4, 0.5) is 0 Å². The van der Waals surface area contributed by atoms with E-state index in [0.717, 1.165) is 43.2 Å². The first-order valence-electron chi connectivity index (χ1n) is 8.32. The van der Waals surface area contributed by atoms with Crippen LogP contribution in [0.15, 0.2) is 10.5 Å². The van der Waals surface area contributed by atoms with Gasteiger partial charge in [-0.15, -0.1) is 0 Å². The maximum Gasteiger partial charge on any atom is 0.118 e. The summed E-state index contributed by atoms with van der Waals surface area (Å²) in [7, 11) is 4.47. The second-order valence-electron chi connectivity index (χ2n) is 6.92. The molecule has 1 aliphatic heterocycles. The van der Waals surface area contributed by atoms with Gasteiger partial charge in [0.25, 0.3) is 0 Å². The third-order valence-corrected chi connectivity index (χ3v) is 4.85. The van der Waals surface area contributed by atoms with Gasteiger partial charge in [0.15, 0.2) is 0 Å². The van der Waals surface area contributed by atoms with E-state index in [-0.39, 0.29) is 0 Å². The van der Waals surface area contributed by atoms with Crippen LogP contribution in [-0.2, 0) is 13.1 Å². The van der Waals surface area contributed by atoms with Crippen molar-refractivity contribution in [3.05, 3.63) is 23.2 Å². The number of furan rings is 1. The third-order valence-electron chi connectivity index (χ3n) is 4.85. The Morgan fingerprint density at radius 3 is 2.86 bits per heavy atom. The maximum atomic E-state index is 5.89. The molecule has 1 atom stereocenters. The van der Waals surface area contributed by atoms with Crippen molar-refractivity contribution in [3.63, 3.8) is 0 Å². The fourth-order valence-electron chi connectivity index (χ4n) is 3.29. The molecule has 2 heterocycles. The largest absolute Gasteiger partial charge is 0.465 e. The molecule has 1 aromatic rings. The molecule has 4 nitrogen and oxygen atoms in total. The average molecular weight is 291 g/mol. The van der Waals surface area contributed by atoms with E-state index in [1.165, 1.54) is 37.8 Å². The summed E-state index contributed by atoms with van der Waals surface area (Å²) in [5.74, 6) is 2.16. The zero-order valence-corrected chi connectivity index (χ0v) is 13.7. The zero-order chi connectivity index (χ0) is 14.8. The highest BCUT2D eigenvalue weighted by atomic mass is 16.3. The van der Waals surface area contributed by atoms with E-state index in [9.17, 15) is 0 Å². The number of aryl methyl sites for hydroxylation is 1. The lowest BCUT2D eigenvalue weighted by Gasteiger charge is -2.25. The molecule has 1 N–H and O–H groups in total. The van der Waals surface area contributed by atoms with Crippen LogP contribution >= 0.6 is 0 Å². The molecule has 2 fully saturated rings. The summed E-state index contributed by atoms with van der Waals surface area (Å²) in [6.07, 6.45) is 5.33. The molecule has 1 saturated heterocycles. The predicted molar refractivity (Wildman–Crippen MR) is 85.3 cm³/mol. The van der Waals surface area contributed by atoms with Gasteiger partial charge in [-0.2, -0.15) is 0 Å². The highest BCUT2D eigenvalue weighted by Crippen LogP contribution is 2.22. The highest BCUT2D eigenvalue weighted by molar-refractivity contribution is 5.21. The number of hydrogen-bond donors (Lipinski definition) is 1. The van der Waals surface area contributed by atoms with Gasteiger partial charge in [0, 0.05) is 30.7 Å². The van der Waals surface area contributed by atoms with Crippen molar-refractivity contribution in [2.24, 2.45) is 0 Å². The van der Waals surface area contributed by atoms with Crippen molar-refractivity contribution in [2.45, 2.75) is 57.8 Å². The standard InChI is InChI=1S/C17H29N3O/c1-13-14(9-17(21-13)10-18-15-6-7-15)11-19(2)12-16-5-4-8-20(16)3/h9,15-16,18H,4-8,10-12H2,1-3H3. The topological polar surface area (TPSA) is 31.7 Å². The second kappa shape index (κ2) is 6.51. The van der Waals surface area contributed by atoms with E-state index < -0.39 is 0 Å². The van der Waals surface area contributed by atoms with Gasteiger partial charge in [-0.25, -0.2) is 0 Å². The Hall–Kier alpha value is -0.840. The fourth-order valence-corrected chi connectivity index (χ4v) is 3.29. The fraction of sp³-hybridized carbons (Fsp3) is 0.765. The van der Waals surface area contributed by atoms with Crippen LogP contribution in [-0.4, -0.2) is 49.1 Å². The Morgan fingerprint density at radius 1 is 1.38 bits per heavy atom. The minimum atomic E-state index is 0.721. The predicted octanol–water partition coefficient (Wildman–Crippen LogP) is 2.37. The van der Waals surface area contributed by atoms with Gasteiger partial charge in [-0.1, -0.05) is 0 Å². The monoisotopic (exact) mass is 291 g/mol.